The lowest BCUT2D eigenvalue weighted by molar-refractivity contribution is -0.870. The minimum absolute atomic E-state index is 0.0293. The van der Waals surface area contributed by atoms with Crippen LogP contribution in [-0.2, 0) is 32.7 Å². The summed E-state index contributed by atoms with van der Waals surface area (Å²) in [4.78, 5) is 35.0. The maximum atomic E-state index is 12.6. The van der Waals surface area contributed by atoms with E-state index < -0.39 is 26.5 Å². The van der Waals surface area contributed by atoms with Gasteiger partial charge in [-0.2, -0.15) is 0 Å². The zero-order valence-corrected chi connectivity index (χ0v) is 31.0. The van der Waals surface area contributed by atoms with Crippen LogP contribution in [0.5, 0.6) is 0 Å². The van der Waals surface area contributed by atoms with Crippen LogP contribution in [0.1, 0.15) is 142 Å². The zero-order chi connectivity index (χ0) is 34.4. The van der Waals surface area contributed by atoms with Gasteiger partial charge in [0.2, 0.25) is 0 Å². The summed E-state index contributed by atoms with van der Waals surface area (Å²) < 4.78 is 34.0. The molecule has 0 aliphatic carbocycles. The van der Waals surface area contributed by atoms with Gasteiger partial charge in [-0.1, -0.05) is 102 Å². The average Bonchev–Trinajstić information content (AvgIpc) is 2.99. The fourth-order valence-corrected chi connectivity index (χ4v) is 5.24. The fourth-order valence-electron chi connectivity index (χ4n) is 4.50. The molecule has 0 saturated heterocycles. The van der Waals surface area contributed by atoms with Gasteiger partial charge in [0.25, 0.3) is 0 Å². The maximum absolute atomic E-state index is 12.6. The van der Waals surface area contributed by atoms with Crippen molar-refractivity contribution in [1.29, 1.82) is 0 Å². The van der Waals surface area contributed by atoms with E-state index in [2.05, 4.69) is 38.2 Å². The zero-order valence-electron chi connectivity index (χ0n) is 30.1. The van der Waals surface area contributed by atoms with Crippen LogP contribution in [0.4, 0.5) is 0 Å². The number of hydrogen-bond donors (Lipinski definition) is 1. The molecule has 0 bridgehead atoms. The van der Waals surface area contributed by atoms with Crippen molar-refractivity contribution in [3.05, 3.63) is 24.3 Å². The molecule has 0 aromatic heterocycles. The first-order valence-electron chi connectivity index (χ1n) is 18.1. The normalized spacial score (nSPS) is 14.1. The molecule has 0 amide bonds. The number of quaternary nitrogens is 1. The van der Waals surface area contributed by atoms with Crippen LogP contribution in [-0.4, -0.2) is 74.9 Å². The van der Waals surface area contributed by atoms with Crippen molar-refractivity contribution in [3.8, 4) is 0 Å². The predicted molar refractivity (Wildman–Crippen MR) is 187 cm³/mol. The number of hydrogen-bond acceptors (Lipinski definition) is 7. The Morgan fingerprint density at radius 2 is 1.11 bits per heavy atom. The van der Waals surface area contributed by atoms with Crippen LogP contribution in [0, 0.1) is 0 Å². The lowest BCUT2D eigenvalue weighted by Gasteiger charge is -2.24. The molecule has 0 aromatic carbocycles. The van der Waals surface area contributed by atoms with Crippen LogP contribution >= 0.6 is 7.82 Å². The Morgan fingerprint density at radius 1 is 0.652 bits per heavy atom. The summed E-state index contributed by atoms with van der Waals surface area (Å²) in [5.74, 6) is -0.825. The summed E-state index contributed by atoms with van der Waals surface area (Å²) in [5.41, 5.74) is 0. The average molecular weight is 675 g/mol. The summed E-state index contributed by atoms with van der Waals surface area (Å²) in [6, 6.07) is 0. The minimum atomic E-state index is -4.36. The highest BCUT2D eigenvalue weighted by Crippen LogP contribution is 2.43. The number of rotatable bonds is 32. The Hall–Kier alpha value is -1.51. The molecule has 270 valence electrons. The SMILES string of the molecule is CCCC/C=C/CCCCCCCC(=O)OC[C@H](COP(=O)(O)OCC[N+](C)(C)C)OC(=O)CCCCCCC/C=C/CCCC. The van der Waals surface area contributed by atoms with Crippen molar-refractivity contribution in [2.24, 2.45) is 0 Å². The Kier molecular flexibility index (Phi) is 28.6. The summed E-state index contributed by atoms with van der Waals surface area (Å²) in [5, 5.41) is 0. The van der Waals surface area contributed by atoms with Crippen molar-refractivity contribution in [2.45, 2.75) is 148 Å². The number of carbonyl (C=O) groups excluding carboxylic acids is 2. The number of carbonyl (C=O) groups is 2. The van der Waals surface area contributed by atoms with Gasteiger partial charge in [0.1, 0.15) is 19.8 Å². The van der Waals surface area contributed by atoms with Crippen LogP contribution in [0.15, 0.2) is 24.3 Å². The predicted octanol–water partition coefficient (Wildman–Crippen LogP) is 9.24. The second-order valence-electron chi connectivity index (χ2n) is 13.2. The summed E-state index contributed by atoms with van der Waals surface area (Å²) in [6.45, 7) is 4.29. The van der Waals surface area contributed by atoms with Gasteiger partial charge in [-0.25, -0.2) is 4.57 Å². The van der Waals surface area contributed by atoms with Gasteiger partial charge in [-0.3, -0.25) is 18.6 Å². The second-order valence-corrected chi connectivity index (χ2v) is 14.7. The molecule has 0 spiro atoms. The van der Waals surface area contributed by atoms with Gasteiger partial charge in [0, 0.05) is 12.8 Å². The smallest absolute Gasteiger partial charge is 0.462 e. The number of phosphoric ester groups is 1. The van der Waals surface area contributed by atoms with Crippen LogP contribution in [0.2, 0.25) is 0 Å². The first-order valence-corrected chi connectivity index (χ1v) is 19.6. The Balaban J connectivity index is 4.50. The molecule has 9 nitrogen and oxygen atoms in total. The molecule has 0 saturated carbocycles. The van der Waals surface area contributed by atoms with Crippen LogP contribution < -0.4 is 0 Å². The summed E-state index contributed by atoms with van der Waals surface area (Å²) >= 11 is 0. The van der Waals surface area contributed by atoms with E-state index >= 15 is 0 Å². The summed E-state index contributed by atoms with van der Waals surface area (Å²) in [7, 11) is 1.46. The van der Waals surface area contributed by atoms with Gasteiger partial charge >= 0.3 is 19.8 Å². The van der Waals surface area contributed by atoms with Gasteiger partial charge in [0.15, 0.2) is 6.10 Å². The van der Waals surface area contributed by atoms with Crippen LogP contribution in [0.25, 0.3) is 0 Å². The Morgan fingerprint density at radius 3 is 1.61 bits per heavy atom. The standard InChI is InChI=1S/C36H68NO8P/c1-6-8-10-12-14-16-18-20-22-24-26-28-35(38)42-32-34(33-44-46(40,41)43-31-30-37(3,4)5)45-36(39)29-27-25-23-21-19-17-15-13-11-9-7-2/h12-15,34H,6-11,16-33H2,1-5H3/p+1/b14-12+,15-13+/t34-/m1/s1. The molecule has 1 N–H and O–H groups in total. The van der Waals surface area contributed by atoms with E-state index in [1.165, 1.54) is 25.7 Å². The number of likely N-dealkylation sites (N-methyl/N-ethyl adjacent to an activating group) is 1. The molecular weight excluding hydrogens is 605 g/mol. The van der Waals surface area contributed by atoms with Crippen LogP contribution in [0.3, 0.4) is 0 Å². The molecule has 0 heterocycles. The van der Waals surface area contributed by atoms with Crippen molar-refractivity contribution in [2.75, 3.05) is 47.5 Å². The minimum Gasteiger partial charge on any atom is -0.462 e. The highest BCUT2D eigenvalue weighted by Gasteiger charge is 2.27. The molecule has 0 rings (SSSR count). The van der Waals surface area contributed by atoms with Gasteiger partial charge in [-0.05, 0) is 51.4 Å². The van der Waals surface area contributed by atoms with Crippen molar-refractivity contribution < 1.29 is 42.1 Å². The molecule has 0 radical (unpaired) electrons. The largest absolute Gasteiger partial charge is 0.472 e. The number of phosphoric acid groups is 1. The van der Waals surface area contributed by atoms with Gasteiger partial charge < -0.3 is 18.9 Å². The van der Waals surface area contributed by atoms with Crippen molar-refractivity contribution >= 4 is 19.8 Å². The lowest BCUT2D eigenvalue weighted by atomic mass is 10.1. The maximum Gasteiger partial charge on any atom is 0.472 e. The quantitative estimate of drug-likeness (QED) is 0.0247. The number of unbranched alkanes of at least 4 members (excludes halogenated alkanes) is 14. The highest BCUT2D eigenvalue weighted by molar-refractivity contribution is 7.47. The van der Waals surface area contributed by atoms with Crippen molar-refractivity contribution in [1.82, 2.24) is 0 Å². The molecule has 0 aliphatic heterocycles. The van der Waals surface area contributed by atoms with E-state index in [0.29, 0.717) is 17.4 Å². The van der Waals surface area contributed by atoms with Gasteiger partial charge in [-0.15, -0.1) is 0 Å². The molecule has 0 fully saturated rings. The molecule has 0 aliphatic rings. The fraction of sp³-hybridized carbons (Fsp3) is 0.833. The van der Waals surface area contributed by atoms with Crippen molar-refractivity contribution in [3.63, 3.8) is 0 Å². The Bertz CT molecular complexity index is 855. The number of esters is 2. The second kappa shape index (κ2) is 29.6. The third kappa shape index (κ3) is 32.4. The monoisotopic (exact) mass is 674 g/mol. The first-order chi connectivity index (χ1) is 22.0. The number of ether oxygens (including phenoxy) is 2. The topological polar surface area (TPSA) is 108 Å². The van der Waals surface area contributed by atoms with E-state index in [-0.39, 0.29) is 32.0 Å². The van der Waals surface area contributed by atoms with E-state index in [4.69, 9.17) is 18.5 Å². The third-order valence-electron chi connectivity index (χ3n) is 7.45. The van der Waals surface area contributed by atoms with Gasteiger partial charge in [0.05, 0.1) is 27.7 Å². The molecule has 0 aromatic rings. The highest BCUT2D eigenvalue weighted by atomic mass is 31.2. The van der Waals surface area contributed by atoms with E-state index in [9.17, 15) is 19.0 Å². The first kappa shape index (κ1) is 44.5. The van der Waals surface area contributed by atoms with E-state index in [0.717, 1.165) is 83.5 Å². The van der Waals surface area contributed by atoms with E-state index in [1.54, 1.807) is 0 Å². The molecule has 2 atom stereocenters. The molecular formula is C36H69NO8P+. The molecule has 1 unspecified atom stereocenters. The summed E-state index contributed by atoms with van der Waals surface area (Å²) in [6.07, 6.45) is 28.0. The lowest BCUT2D eigenvalue weighted by Crippen LogP contribution is -2.37. The molecule has 46 heavy (non-hydrogen) atoms. The third-order valence-corrected chi connectivity index (χ3v) is 8.44. The number of nitrogens with zero attached hydrogens (tertiary/aromatic N) is 1. The molecule has 10 heteroatoms. The Labute approximate surface area is 281 Å². The number of allylic oxidation sites excluding steroid dienone is 4. The van der Waals surface area contributed by atoms with E-state index in [1.807, 2.05) is 21.1 Å².